The molecule has 1 amide bonds. The largest absolute Gasteiger partial charge is 0.386 e. The van der Waals surface area contributed by atoms with E-state index in [2.05, 4.69) is 22.6 Å². The molecule has 4 heteroatoms. The molecular weight excluding hydrogens is 329 g/mol. The molecule has 0 saturated carbocycles. The van der Waals surface area contributed by atoms with E-state index in [1.54, 1.807) is 4.90 Å². The SMILES string of the molecule is CC(C)C1(O)CN(C(=O)c2ccccc2I)C1. The van der Waals surface area contributed by atoms with Crippen molar-refractivity contribution in [3.05, 3.63) is 33.4 Å². The third-order valence-electron chi connectivity index (χ3n) is 3.40. The van der Waals surface area contributed by atoms with Gasteiger partial charge in [0, 0.05) is 3.57 Å². The van der Waals surface area contributed by atoms with E-state index in [4.69, 9.17) is 0 Å². The minimum Gasteiger partial charge on any atom is -0.386 e. The maximum atomic E-state index is 12.2. The lowest BCUT2D eigenvalue weighted by Crippen LogP contribution is -2.66. The summed E-state index contributed by atoms with van der Waals surface area (Å²) in [7, 11) is 0. The highest BCUT2D eigenvalue weighted by atomic mass is 127. The van der Waals surface area contributed by atoms with E-state index < -0.39 is 5.60 Å². The van der Waals surface area contributed by atoms with Gasteiger partial charge in [-0.1, -0.05) is 26.0 Å². The normalized spacial score (nSPS) is 18.1. The van der Waals surface area contributed by atoms with Crippen molar-refractivity contribution < 1.29 is 9.90 Å². The lowest BCUT2D eigenvalue weighted by atomic mass is 9.82. The molecule has 0 radical (unpaired) electrons. The lowest BCUT2D eigenvalue weighted by molar-refractivity contribution is -0.110. The van der Waals surface area contributed by atoms with E-state index in [9.17, 15) is 9.90 Å². The smallest absolute Gasteiger partial charge is 0.255 e. The summed E-state index contributed by atoms with van der Waals surface area (Å²) in [5, 5.41) is 10.1. The summed E-state index contributed by atoms with van der Waals surface area (Å²) in [4.78, 5) is 13.9. The van der Waals surface area contributed by atoms with Crippen molar-refractivity contribution >= 4 is 28.5 Å². The van der Waals surface area contributed by atoms with Gasteiger partial charge in [-0.2, -0.15) is 0 Å². The Hall–Kier alpha value is -0.620. The van der Waals surface area contributed by atoms with Crippen molar-refractivity contribution in [1.29, 1.82) is 0 Å². The molecule has 0 unspecified atom stereocenters. The van der Waals surface area contributed by atoms with Gasteiger partial charge in [0.05, 0.1) is 18.7 Å². The number of carbonyl (C=O) groups excluding carboxylic acids is 1. The summed E-state index contributed by atoms with van der Waals surface area (Å²) in [6, 6.07) is 7.53. The van der Waals surface area contributed by atoms with Gasteiger partial charge >= 0.3 is 0 Å². The minimum atomic E-state index is -0.699. The molecule has 1 aromatic rings. The number of likely N-dealkylation sites (tertiary alicyclic amines) is 1. The van der Waals surface area contributed by atoms with E-state index in [0.29, 0.717) is 13.1 Å². The third-order valence-corrected chi connectivity index (χ3v) is 4.34. The molecule has 17 heavy (non-hydrogen) atoms. The van der Waals surface area contributed by atoms with Crippen LogP contribution in [0, 0.1) is 9.49 Å². The maximum Gasteiger partial charge on any atom is 0.255 e. The zero-order valence-corrected chi connectivity index (χ0v) is 12.1. The van der Waals surface area contributed by atoms with Crippen LogP contribution in [0.4, 0.5) is 0 Å². The van der Waals surface area contributed by atoms with E-state index in [1.165, 1.54) is 0 Å². The molecule has 0 spiro atoms. The number of hydrogen-bond acceptors (Lipinski definition) is 2. The second kappa shape index (κ2) is 4.57. The number of halogens is 1. The van der Waals surface area contributed by atoms with Gasteiger partial charge in [0.15, 0.2) is 0 Å². The molecule has 1 aliphatic rings. The van der Waals surface area contributed by atoms with Gasteiger partial charge in [0.25, 0.3) is 5.91 Å². The summed E-state index contributed by atoms with van der Waals surface area (Å²) in [6.45, 7) is 4.84. The summed E-state index contributed by atoms with van der Waals surface area (Å²) in [5.41, 5.74) is 0.0227. The highest BCUT2D eigenvalue weighted by Gasteiger charge is 2.46. The number of rotatable bonds is 2. The molecule has 1 saturated heterocycles. The first-order valence-electron chi connectivity index (χ1n) is 5.70. The molecule has 0 atom stereocenters. The number of hydrogen-bond donors (Lipinski definition) is 1. The topological polar surface area (TPSA) is 40.5 Å². The quantitative estimate of drug-likeness (QED) is 0.835. The van der Waals surface area contributed by atoms with Crippen molar-refractivity contribution in [3.8, 4) is 0 Å². The number of amides is 1. The van der Waals surface area contributed by atoms with Gasteiger partial charge < -0.3 is 10.0 Å². The average Bonchev–Trinajstić information content (AvgIpc) is 2.24. The summed E-state index contributed by atoms with van der Waals surface area (Å²) in [5.74, 6) is 0.196. The Morgan fingerprint density at radius 1 is 1.41 bits per heavy atom. The zero-order chi connectivity index (χ0) is 12.6. The minimum absolute atomic E-state index is 0.0142. The van der Waals surface area contributed by atoms with Crippen LogP contribution in [-0.4, -0.2) is 34.6 Å². The highest BCUT2D eigenvalue weighted by Crippen LogP contribution is 2.30. The van der Waals surface area contributed by atoms with Gasteiger partial charge in [-0.15, -0.1) is 0 Å². The van der Waals surface area contributed by atoms with Crippen molar-refractivity contribution in [3.63, 3.8) is 0 Å². The van der Waals surface area contributed by atoms with E-state index >= 15 is 0 Å². The molecule has 0 bridgehead atoms. The van der Waals surface area contributed by atoms with Gasteiger partial charge in [0.1, 0.15) is 5.60 Å². The average molecular weight is 345 g/mol. The Kier molecular flexibility index (Phi) is 3.45. The van der Waals surface area contributed by atoms with Crippen LogP contribution in [0.3, 0.4) is 0 Å². The predicted octanol–water partition coefficient (Wildman–Crippen LogP) is 2.13. The van der Waals surface area contributed by atoms with Gasteiger partial charge in [0.2, 0.25) is 0 Å². The first-order valence-corrected chi connectivity index (χ1v) is 6.78. The molecular formula is C13H16INO2. The lowest BCUT2D eigenvalue weighted by Gasteiger charge is -2.49. The van der Waals surface area contributed by atoms with Crippen molar-refractivity contribution in [2.75, 3.05) is 13.1 Å². The predicted molar refractivity (Wildman–Crippen MR) is 74.9 cm³/mol. The Balaban J connectivity index is 2.08. The molecule has 1 heterocycles. The van der Waals surface area contributed by atoms with E-state index in [1.807, 2.05) is 38.1 Å². The monoisotopic (exact) mass is 345 g/mol. The first kappa shape index (κ1) is 12.8. The molecule has 0 aliphatic carbocycles. The van der Waals surface area contributed by atoms with Crippen LogP contribution in [0.2, 0.25) is 0 Å². The van der Waals surface area contributed by atoms with Crippen LogP contribution < -0.4 is 0 Å². The van der Waals surface area contributed by atoms with Gasteiger partial charge in [-0.3, -0.25) is 4.79 Å². The van der Waals surface area contributed by atoms with Gasteiger partial charge in [-0.05, 0) is 40.6 Å². The van der Waals surface area contributed by atoms with Crippen LogP contribution in [0.1, 0.15) is 24.2 Å². The molecule has 0 aromatic heterocycles. The number of carbonyl (C=O) groups is 1. The summed E-state index contributed by atoms with van der Waals surface area (Å²) < 4.78 is 0.954. The Labute approximate surface area is 115 Å². The van der Waals surface area contributed by atoms with Crippen LogP contribution >= 0.6 is 22.6 Å². The fourth-order valence-electron chi connectivity index (χ4n) is 1.93. The molecule has 3 nitrogen and oxygen atoms in total. The Morgan fingerprint density at radius 2 is 2.00 bits per heavy atom. The fourth-order valence-corrected chi connectivity index (χ4v) is 2.55. The van der Waals surface area contributed by atoms with Crippen LogP contribution in [-0.2, 0) is 0 Å². The number of benzene rings is 1. The number of nitrogens with zero attached hydrogens (tertiary/aromatic N) is 1. The number of aliphatic hydroxyl groups is 1. The van der Waals surface area contributed by atoms with Crippen LogP contribution in [0.5, 0.6) is 0 Å². The summed E-state index contributed by atoms with van der Waals surface area (Å²) >= 11 is 2.16. The zero-order valence-electron chi connectivity index (χ0n) is 9.98. The van der Waals surface area contributed by atoms with Crippen LogP contribution in [0.15, 0.2) is 24.3 Å². The maximum absolute atomic E-state index is 12.2. The number of β-amino-alcohol motifs (C(OH)–C–C–N with tert-alkyl or cyclic N) is 1. The molecule has 1 aromatic carbocycles. The standard InChI is InChI=1S/C13H16INO2/c1-9(2)13(17)7-15(8-13)12(16)10-5-3-4-6-11(10)14/h3-6,9,17H,7-8H2,1-2H3. The molecule has 1 fully saturated rings. The molecule has 1 N–H and O–H groups in total. The second-order valence-corrected chi connectivity index (χ2v) is 6.06. The fraction of sp³-hybridized carbons (Fsp3) is 0.462. The Morgan fingerprint density at radius 3 is 2.53 bits per heavy atom. The van der Waals surface area contributed by atoms with Gasteiger partial charge in [-0.25, -0.2) is 0 Å². The molecule has 1 aliphatic heterocycles. The van der Waals surface area contributed by atoms with E-state index in [0.717, 1.165) is 9.13 Å². The third kappa shape index (κ3) is 2.33. The van der Waals surface area contributed by atoms with Crippen LogP contribution in [0.25, 0.3) is 0 Å². The van der Waals surface area contributed by atoms with Crippen molar-refractivity contribution in [2.24, 2.45) is 5.92 Å². The Bertz CT molecular complexity index is 439. The molecule has 92 valence electrons. The van der Waals surface area contributed by atoms with Crippen molar-refractivity contribution in [2.45, 2.75) is 19.4 Å². The van der Waals surface area contributed by atoms with Crippen molar-refractivity contribution in [1.82, 2.24) is 4.90 Å². The second-order valence-electron chi connectivity index (χ2n) is 4.90. The summed E-state index contributed by atoms with van der Waals surface area (Å²) in [6.07, 6.45) is 0. The highest BCUT2D eigenvalue weighted by molar-refractivity contribution is 14.1. The van der Waals surface area contributed by atoms with E-state index in [-0.39, 0.29) is 11.8 Å². The first-order chi connectivity index (χ1) is 7.94. The molecule has 2 rings (SSSR count).